The minimum Gasteiger partial charge on any atom is -0.396 e. The lowest BCUT2D eigenvalue weighted by molar-refractivity contribution is -0.114. The van der Waals surface area contributed by atoms with Gasteiger partial charge in [0.25, 0.3) is 5.91 Å². The van der Waals surface area contributed by atoms with Gasteiger partial charge in [-0.25, -0.2) is 4.39 Å². The van der Waals surface area contributed by atoms with Crippen molar-refractivity contribution in [2.75, 3.05) is 11.9 Å². The molecule has 1 saturated carbocycles. The summed E-state index contributed by atoms with van der Waals surface area (Å²) in [7, 11) is 0. The summed E-state index contributed by atoms with van der Waals surface area (Å²) in [5, 5.41) is 14.8. The van der Waals surface area contributed by atoms with Crippen LogP contribution in [0.1, 0.15) is 43.5 Å². The van der Waals surface area contributed by atoms with E-state index < -0.39 is 11.7 Å². The Labute approximate surface area is 128 Å². The van der Waals surface area contributed by atoms with Gasteiger partial charge >= 0.3 is 0 Å². The highest BCUT2D eigenvalue weighted by Gasteiger charge is 2.39. The maximum atomic E-state index is 13.9. The fraction of sp³-hybridized carbons (Fsp3) is 0.500. The smallest absolute Gasteiger partial charge is 0.254 e. The number of aliphatic hydroxyl groups is 1. The minimum atomic E-state index is -0.643. The van der Waals surface area contributed by atoms with Crippen LogP contribution in [0.15, 0.2) is 18.2 Å². The molecule has 120 valence electrons. The van der Waals surface area contributed by atoms with Crippen LogP contribution in [0.2, 0.25) is 0 Å². The third-order valence-electron chi connectivity index (χ3n) is 4.28. The van der Waals surface area contributed by atoms with E-state index in [9.17, 15) is 19.1 Å². The maximum absolute atomic E-state index is 13.9. The van der Waals surface area contributed by atoms with Crippen molar-refractivity contribution >= 4 is 17.5 Å². The number of carbonyl (C=O) groups excluding carboxylic acids is 2. The fourth-order valence-electron chi connectivity index (χ4n) is 2.88. The van der Waals surface area contributed by atoms with Gasteiger partial charge in [-0.05, 0) is 31.0 Å². The van der Waals surface area contributed by atoms with Gasteiger partial charge in [0.05, 0.1) is 12.2 Å². The molecule has 5 nitrogen and oxygen atoms in total. The number of hydrogen-bond donors (Lipinski definition) is 3. The zero-order chi connectivity index (χ0) is 16.3. The maximum Gasteiger partial charge on any atom is 0.254 e. The monoisotopic (exact) mass is 308 g/mol. The van der Waals surface area contributed by atoms with Crippen LogP contribution in [0, 0.1) is 11.2 Å². The lowest BCUT2D eigenvalue weighted by Crippen LogP contribution is -2.45. The van der Waals surface area contributed by atoms with Crippen molar-refractivity contribution in [2.24, 2.45) is 5.41 Å². The van der Waals surface area contributed by atoms with Crippen molar-refractivity contribution in [3.8, 4) is 0 Å². The van der Waals surface area contributed by atoms with Gasteiger partial charge in [-0.1, -0.05) is 13.3 Å². The standard InChI is InChI=1S/C16H21FN2O3/c1-10(21)18-11-5-6-13(17)12(8-11)15(22)19-14-4-3-7-16(14,2)9-20/h5-6,8,14,20H,3-4,7,9H2,1-2H3,(H,18,21)(H,19,22). The van der Waals surface area contributed by atoms with Crippen LogP contribution < -0.4 is 10.6 Å². The van der Waals surface area contributed by atoms with E-state index in [2.05, 4.69) is 10.6 Å². The number of amides is 2. The molecule has 2 amide bonds. The molecule has 1 aromatic rings. The molecule has 0 spiro atoms. The molecule has 2 unspecified atom stereocenters. The largest absolute Gasteiger partial charge is 0.396 e. The van der Waals surface area contributed by atoms with Gasteiger partial charge in [0.15, 0.2) is 0 Å². The molecule has 0 saturated heterocycles. The Morgan fingerprint density at radius 3 is 2.82 bits per heavy atom. The molecule has 6 heteroatoms. The third-order valence-corrected chi connectivity index (χ3v) is 4.28. The topological polar surface area (TPSA) is 78.4 Å². The average Bonchev–Trinajstić information content (AvgIpc) is 2.82. The van der Waals surface area contributed by atoms with Crippen LogP contribution in [-0.2, 0) is 4.79 Å². The van der Waals surface area contributed by atoms with E-state index >= 15 is 0 Å². The molecule has 22 heavy (non-hydrogen) atoms. The summed E-state index contributed by atoms with van der Waals surface area (Å²) >= 11 is 0. The molecule has 1 aromatic carbocycles. The van der Waals surface area contributed by atoms with Gasteiger partial charge in [-0.2, -0.15) is 0 Å². The summed E-state index contributed by atoms with van der Waals surface area (Å²) in [6.07, 6.45) is 2.50. The molecule has 0 heterocycles. The van der Waals surface area contributed by atoms with E-state index in [4.69, 9.17) is 0 Å². The fourth-order valence-corrected chi connectivity index (χ4v) is 2.88. The molecule has 3 N–H and O–H groups in total. The van der Waals surface area contributed by atoms with Crippen LogP contribution >= 0.6 is 0 Å². The number of benzene rings is 1. The molecule has 2 rings (SSSR count). The molecule has 2 atom stereocenters. The number of anilines is 1. The summed E-state index contributed by atoms with van der Waals surface area (Å²) in [5.74, 6) is -1.46. The van der Waals surface area contributed by atoms with Crippen LogP contribution in [-0.4, -0.2) is 29.6 Å². The van der Waals surface area contributed by atoms with Crippen molar-refractivity contribution in [3.63, 3.8) is 0 Å². The first kappa shape index (κ1) is 16.4. The molecule has 0 radical (unpaired) electrons. The predicted molar refractivity (Wildman–Crippen MR) is 81.0 cm³/mol. The van der Waals surface area contributed by atoms with Gasteiger partial charge < -0.3 is 15.7 Å². The average molecular weight is 308 g/mol. The van der Waals surface area contributed by atoms with Gasteiger partial charge in [0, 0.05) is 24.1 Å². The molecular weight excluding hydrogens is 287 g/mol. The first-order valence-electron chi connectivity index (χ1n) is 7.34. The molecule has 0 aliphatic heterocycles. The van der Waals surface area contributed by atoms with E-state index in [1.807, 2.05) is 6.92 Å². The Hall–Kier alpha value is -1.95. The van der Waals surface area contributed by atoms with Gasteiger partial charge in [0.2, 0.25) is 5.91 Å². The minimum absolute atomic E-state index is 0.0215. The Bertz CT molecular complexity index is 591. The first-order valence-corrected chi connectivity index (χ1v) is 7.34. The van der Waals surface area contributed by atoms with Crippen LogP contribution in [0.4, 0.5) is 10.1 Å². The Balaban J connectivity index is 2.17. The van der Waals surface area contributed by atoms with E-state index in [-0.39, 0.29) is 29.5 Å². The summed E-state index contributed by atoms with van der Waals surface area (Å²) in [6, 6.07) is 3.69. The normalized spacial score (nSPS) is 24.1. The molecule has 0 bridgehead atoms. The van der Waals surface area contributed by atoms with E-state index in [1.165, 1.54) is 19.1 Å². The van der Waals surface area contributed by atoms with Crippen molar-refractivity contribution in [3.05, 3.63) is 29.6 Å². The molecule has 1 fully saturated rings. The number of carbonyl (C=O) groups is 2. The van der Waals surface area contributed by atoms with Crippen molar-refractivity contribution < 1.29 is 19.1 Å². The second-order valence-corrected chi connectivity index (χ2v) is 6.11. The summed E-state index contributed by atoms with van der Waals surface area (Å²) < 4.78 is 13.9. The van der Waals surface area contributed by atoms with Crippen molar-refractivity contribution in [2.45, 2.75) is 39.2 Å². The van der Waals surface area contributed by atoms with Gasteiger partial charge in [0.1, 0.15) is 5.82 Å². The second-order valence-electron chi connectivity index (χ2n) is 6.11. The second kappa shape index (κ2) is 6.44. The van der Waals surface area contributed by atoms with E-state index in [1.54, 1.807) is 0 Å². The molecular formula is C16H21FN2O3. The van der Waals surface area contributed by atoms with Crippen LogP contribution in [0.5, 0.6) is 0 Å². The van der Waals surface area contributed by atoms with Gasteiger partial charge in [-0.15, -0.1) is 0 Å². The Kier molecular flexibility index (Phi) is 4.81. The molecule has 1 aliphatic rings. The number of nitrogens with one attached hydrogen (secondary N) is 2. The predicted octanol–water partition coefficient (Wildman–Crippen LogP) is 2.06. The van der Waals surface area contributed by atoms with Crippen molar-refractivity contribution in [1.29, 1.82) is 0 Å². The summed E-state index contributed by atoms with van der Waals surface area (Å²) in [5.41, 5.74) is -0.115. The Morgan fingerprint density at radius 2 is 2.18 bits per heavy atom. The number of hydrogen-bond acceptors (Lipinski definition) is 3. The number of halogens is 1. The number of rotatable bonds is 4. The SMILES string of the molecule is CC(=O)Nc1ccc(F)c(C(=O)NC2CCCC2(C)CO)c1. The lowest BCUT2D eigenvalue weighted by atomic mass is 9.85. The Morgan fingerprint density at radius 1 is 1.45 bits per heavy atom. The van der Waals surface area contributed by atoms with E-state index in [0.717, 1.165) is 25.3 Å². The van der Waals surface area contributed by atoms with E-state index in [0.29, 0.717) is 5.69 Å². The van der Waals surface area contributed by atoms with Crippen LogP contribution in [0.25, 0.3) is 0 Å². The van der Waals surface area contributed by atoms with Crippen LogP contribution in [0.3, 0.4) is 0 Å². The highest BCUT2D eigenvalue weighted by atomic mass is 19.1. The van der Waals surface area contributed by atoms with Crippen molar-refractivity contribution in [1.82, 2.24) is 5.32 Å². The molecule has 0 aromatic heterocycles. The first-order chi connectivity index (χ1) is 10.4. The zero-order valence-electron chi connectivity index (χ0n) is 12.8. The molecule has 1 aliphatic carbocycles. The summed E-state index contributed by atoms with van der Waals surface area (Å²) in [6.45, 7) is 3.23. The lowest BCUT2D eigenvalue weighted by Gasteiger charge is -2.30. The highest BCUT2D eigenvalue weighted by molar-refractivity contribution is 5.97. The van der Waals surface area contributed by atoms with Gasteiger partial charge in [-0.3, -0.25) is 9.59 Å². The third kappa shape index (κ3) is 3.44. The quantitative estimate of drug-likeness (QED) is 0.796. The highest BCUT2D eigenvalue weighted by Crippen LogP contribution is 2.37. The zero-order valence-corrected chi connectivity index (χ0v) is 12.8. The summed E-state index contributed by atoms with van der Waals surface area (Å²) in [4.78, 5) is 23.4. The number of aliphatic hydroxyl groups excluding tert-OH is 1.